The minimum Gasteiger partial charge on any atom is -0.467 e. The first kappa shape index (κ1) is 19.0. The fourth-order valence-corrected chi connectivity index (χ4v) is 1.97. The van der Waals surface area contributed by atoms with Gasteiger partial charge in [0.2, 0.25) is 5.91 Å². The van der Waals surface area contributed by atoms with Crippen LogP contribution in [0.25, 0.3) is 0 Å². The Bertz CT molecular complexity index is 586. The highest BCUT2D eigenvalue weighted by atomic mass is 19.4. The number of hydrogen-bond donors (Lipinski definition) is 2. The first-order valence-electron chi connectivity index (χ1n) is 6.79. The van der Waals surface area contributed by atoms with Crippen LogP contribution in [0.5, 0.6) is 0 Å². The Balaban J connectivity index is 2.78. The number of carbonyl (C=O) groups excluding carboxylic acids is 2. The molecule has 0 fully saturated rings. The monoisotopic (exact) mass is 332 g/mol. The Morgan fingerprint density at radius 3 is 2.43 bits per heavy atom. The maximum absolute atomic E-state index is 12.7. The van der Waals surface area contributed by atoms with Gasteiger partial charge in [-0.05, 0) is 31.5 Å². The van der Waals surface area contributed by atoms with E-state index in [9.17, 15) is 22.8 Å². The third kappa shape index (κ3) is 5.24. The van der Waals surface area contributed by atoms with Gasteiger partial charge in [-0.2, -0.15) is 13.2 Å². The number of ether oxygens (including phenoxy) is 1. The van der Waals surface area contributed by atoms with Crippen LogP contribution in [-0.4, -0.2) is 24.5 Å². The van der Waals surface area contributed by atoms with Crippen molar-refractivity contribution in [2.75, 3.05) is 7.11 Å². The standard InChI is InChI=1S/C15H19F3N2O3/c1-14(2,13(22)23-3)20-12(21)8-11(19)9-5-4-6-10(7-9)15(16,17)18/h4-7,11H,8,19H2,1-3H3,(H,20,21)/t11-/m0/s1. The molecule has 3 N–H and O–H groups in total. The number of methoxy groups -OCH3 is 1. The molecule has 128 valence electrons. The fourth-order valence-electron chi connectivity index (χ4n) is 1.97. The van der Waals surface area contributed by atoms with E-state index in [4.69, 9.17) is 5.73 Å². The van der Waals surface area contributed by atoms with Crippen LogP contribution in [0, 0.1) is 0 Å². The summed E-state index contributed by atoms with van der Waals surface area (Å²) < 4.78 is 42.6. The van der Waals surface area contributed by atoms with Gasteiger partial charge in [-0.1, -0.05) is 12.1 Å². The number of alkyl halides is 3. The minimum atomic E-state index is -4.48. The van der Waals surface area contributed by atoms with Crippen molar-refractivity contribution >= 4 is 11.9 Å². The highest BCUT2D eigenvalue weighted by Crippen LogP contribution is 2.30. The highest BCUT2D eigenvalue weighted by Gasteiger charge is 2.32. The van der Waals surface area contributed by atoms with E-state index in [-0.39, 0.29) is 12.0 Å². The summed E-state index contributed by atoms with van der Waals surface area (Å²) in [7, 11) is 1.19. The van der Waals surface area contributed by atoms with E-state index in [1.54, 1.807) is 0 Å². The number of nitrogens with one attached hydrogen (secondary N) is 1. The van der Waals surface area contributed by atoms with E-state index in [1.807, 2.05) is 0 Å². The zero-order valence-corrected chi connectivity index (χ0v) is 13.0. The highest BCUT2D eigenvalue weighted by molar-refractivity contribution is 5.87. The lowest BCUT2D eigenvalue weighted by molar-refractivity contribution is -0.149. The van der Waals surface area contributed by atoms with Crippen LogP contribution in [0.1, 0.15) is 37.4 Å². The molecule has 0 aromatic heterocycles. The van der Waals surface area contributed by atoms with Crippen LogP contribution in [-0.2, 0) is 20.5 Å². The smallest absolute Gasteiger partial charge is 0.416 e. The van der Waals surface area contributed by atoms with E-state index in [0.717, 1.165) is 12.1 Å². The maximum atomic E-state index is 12.7. The fraction of sp³-hybridized carbons (Fsp3) is 0.467. The third-order valence-corrected chi connectivity index (χ3v) is 3.20. The molecule has 0 bridgehead atoms. The second-order valence-electron chi connectivity index (χ2n) is 5.60. The van der Waals surface area contributed by atoms with Crippen molar-refractivity contribution < 1.29 is 27.5 Å². The second kappa shape index (κ2) is 6.99. The van der Waals surface area contributed by atoms with Gasteiger partial charge in [-0.15, -0.1) is 0 Å². The topological polar surface area (TPSA) is 81.4 Å². The molecule has 1 aromatic carbocycles. The molecule has 0 radical (unpaired) electrons. The van der Waals surface area contributed by atoms with Crippen molar-refractivity contribution in [1.82, 2.24) is 5.32 Å². The van der Waals surface area contributed by atoms with Gasteiger partial charge in [0, 0.05) is 12.5 Å². The molecule has 0 aliphatic carbocycles. The molecule has 0 saturated heterocycles. The lowest BCUT2D eigenvalue weighted by Crippen LogP contribution is -2.50. The molecule has 1 rings (SSSR count). The Hall–Kier alpha value is -2.09. The van der Waals surface area contributed by atoms with Crippen LogP contribution in [0.2, 0.25) is 0 Å². The molecule has 0 saturated carbocycles. The lowest BCUT2D eigenvalue weighted by Gasteiger charge is -2.24. The van der Waals surface area contributed by atoms with Crippen LogP contribution in [0.4, 0.5) is 13.2 Å². The summed E-state index contributed by atoms with van der Waals surface area (Å²) in [5, 5.41) is 2.44. The van der Waals surface area contributed by atoms with E-state index in [1.165, 1.54) is 33.1 Å². The van der Waals surface area contributed by atoms with Crippen molar-refractivity contribution in [1.29, 1.82) is 0 Å². The third-order valence-electron chi connectivity index (χ3n) is 3.20. The van der Waals surface area contributed by atoms with Crippen LogP contribution >= 0.6 is 0 Å². The van der Waals surface area contributed by atoms with Gasteiger partial charge in [0.15, 0.2) is 0 Å². The number of rotatable bonds is 5. The zero-order chi connectivity index (χ0) is 17.8. The lowest BCUT2D eigenvalue weighted by atomic mass is 10.00. The molecule has 0 aliphatic heterocycles. The van der Waals surface area contributed by atoms with E-state index >= 15 is 0 Å². The number of hydrogen-bond acceptors (Lipinski definition) is 4. The molecule has 0 spiro atoms. The number of esters is 1. The maximum Gasteiger partial charge on any atom is 0.416 e. The zero-order valence-electron chi connectivity index (χ0n) is 13.0. The second-order valence-corrected chi connectivity index (χ2v) is 5.60. The van der Waals surface area contributed by atoms with Gasteiger partial charge in [-0.25, -0.2) is 4.79 Å². The molecule has 1 atom stereocenters. The molecular formula is C15H19F3N2O3. The van der Waals surface area contributed by atoms with Crippen molar-refractivity contribution in [3.05, 3.63) is 35.4 Å². The molecule has 1 aromatic rings. The van der Waals surface area contributed by atoms with Gasteiger partial charge >= 0.3 is 12.1 Å². The number of carbonyl (C=O) groups is 2. The van der Waals surface area contributed by atoms with E-state index < -0.39 is 35.2 Å². The summed E-state index contributed by atoms with van der Waals surface area (Å²) in [6.07, 6.45) is -4.74. The van der Waals surface area contributed by atoms with Gasteiger partial charge in [0.1, 0.15) is 5.54 Å². The van der Waals surface area contributed by atoms with Crippen molar-refractivity contribution in [2.45, 2.75) is 38.0 Å². The summed E-state index contributed by atoms with van der Waals surface area (Å²) >= 11 is 0. The molecule has 23 heavy (non-hydrogen) atoms. The molecule has 0 heterocycles. The molecule has 5 nitrogen and oxygen atoms in total. The van der Waals surface area contributed by atoms with Crippen molar-refractivity contribution in [3.63, 3.8) is 0 Å². The van der Waals surface area contributed by atoms with Crippen LogP contribution < -0.4 is 11.1 Å². The largest absolute Gasteiger partial charge is 0.467 e. The number of nitrogens with two attached hydrogens (primary N) is 1. The average molecular weight is 332 g/mol. The molecular weight excluding hydrogens is 313 g/mol. The molecule has 0 unspecified atom stereocenters. The average Bonchev–Trinajstić information content (AvgIpc) is 2.44. The molecule has 0 aliphatic rings. The minimum absolute atomic E-state index is 0.186. The SMILES string of the molecule is COC(=O)C(C)(C)NC(=O)C[C@H](N)c1cccc(C(F)(F)F)c1. The number of amides is 1. The Labute approximate surface area is 132 Å². The Kier molecular flexibility index (Phi) is 5.76. The van der Waals surface area contributed by atoms with E-state index in [2.05, 4.69) is 10.1 Å². The molecule has 8 heteroatoms. The summed E-state index contributed by atoms with van der Waals surface area (Å²) in [6.45, 7) is 2.90. The van der Waals surface area contributed by atoms with Crippen molar-refractivity contribution in [2.24, 2.45) is 5.73 Å². The summed E-state index contributed by atoms with van der Waals surface area (Å²) in [6, 6.07) is 3.55. The van der Waals surface area contributed by atoms with Gasteiger partial charge in [0.25, 0.3) is 0 Å². The van der Waals surface area contributed by atoms with Crippen molar-refractivity contribution in [3.8, 4) is 0 Å². The summed E-state index contributed by atoms with van der Waals surface area (Å²) in [5.74, 6) is -1.20. The van der Waals surface area contributed by atoms with Gasteiger partial charge < -0.3 is 15.8 Å². The van der Waals surface area contributed by atoms with Gasteiger partial charge in [0.05, 0.1) is 12.7 Å². The Morgan fingerprint density at radius 1 is 1.30 bits per heavy atom. The first-order valence-corrected chi connectivity index (χ1v) is 6.79. The normalized spacial score (nSPS) is 13.3. The van der Waals surface area contributed by atoms with Crippen LogP contribution in [0.3, 0.4) is 0 Å². The quantitative estimate of drug-likeness (QED) is 0.810. The predicted molar refractivity (Wildman–Crippen MR) is 77.2 cm³/mol. The first-order chi connectivity index (χ1) is 10.5. The van der Waals surface area contributed by atoms with Crippen LogP contribution in [0.15, 0.2) is 24.3 Å². The number of halogens is 3. The van der Waals surface area contributed by atoms with E-state index in [0.29, 0.717) is 0 Å². The van der Waals surface area contributed by atoms with Gasteiger partial charge in [-0.3, -0.25) is 4.79 Å². The predicted octanol–water partition coefficient (Wildman–Crippen LogP) is 2.16. The summed E-state index contributed by atoms with van der Waals surface area (Å²) in [4.78, 5) is 23.4. The molecule has 1 amide bonds. The number of benzene rings is 1. The Morgan fingerprint density at radius 2 is 1.91 bits per heavy atom. The summed E-state index contributed by atoms with van der Waals surface area (Å²) in [5.41, 5.74) is 3.89.